The monoisotopic (exact) mass is 238 g/mol. The van der Waals surface area contributed by atoms with Crippen molar-refractivity contribution in [2.45, 2.75) is 20.4 Å². The Hall–Kier alpha value is -1.63. The molecule has 0 atom stereocenters. The molecule has 6 nitrogen and oxygen atoms in total. The lowest BCUT2D eigenvalue weighted by Gasteiger charge is -2.05. The van der Waals surface area contributed by atoms with Gasteiger partial charge in [-0.25, -0.2) is 4.98 Å². The number of nitrogens with two attached hydrogens (primary N) is 1. The summed E-state index contributed by atoms with van der Waals surface area (Å²) in [5.41, 5.74) is 6.39. The fourth-order valence-corrected chi connectivity index (χ4v) is 2.01. The first-order chi connectivity index (χ1) is 7.76. The average Bonchev–Trinajstić information content (AvgIpc) is 2.85. The van der Waals surface area contributed by atoms with Gasteiger partial charge in [-0.05, 0) is 13.8 Å². The van der Waals surface area contributed by atoms with Crippen molar-refractivity contribution in [1.29, 1.82) is 0 Å². The van der Waals surface area contributed by atoms with Gasteiger partial charge in [-0.15, -0.1) is 21.5 Å². The molecule has 0 aliphatic heterocycles. The summed E-state index contributed by atoms with van der Waals surface area (Å²) in [5, 5.41) is 13.8. The molecular formula is C9H14N6S. The van der Waals surface area contributed by atoms with Crippen LogP contribution in [-0.4, -0.2) is 26.3 Å². The van der Waals surface area contributed by atoms with E-state index in [0.29, 0.717) is 5.13 Å². The maximum Gasteiger partial charge on any atom is 0.224 e. The zero-order valence-corrected chi connectivity index (χ0v) is 10.1. The Kier molecular flexibility index (Phi) is 3.04. The second-order valence-electron chi connectivity index (χ2n) is 3.19. The number of aromatic nitrogens is 4. The van der Waals surface area contributed by atoms with Crippen molar-refractivity contribution in [3.63, 3.8) is 0 Å². The molecule has 0 spiro atoms. The highest BCUT2D eigenvalue weighted by Gasteiger charge is 2.14. The Balaban J connectivity index is 2.41. The third kappa shape index (κ3) is 1.85. The lowest BCUT2D eigenvalue weighted by atomic mass is 10.4. The van der Waals surface area contributed by atoms with Crippen LogP contribution in [0.5, 0.6) is 0 Å². The van der Waals surface area contributed by atoms with Crippen LogP contribution in [0.4, 0.5) is 11.1 Å². The molecule has 2 aromatic rings. The molecule has 7 heteroatoms. The fourth-order valence-electron chi connectivity index (χ4n) is 1.47. The van der Waals surface area contributed by atoms with Crippen LogP contribution in [0, 0.1) is 0 Å². The van der Waals surface area contributed by atoms with Crippen molar-refractivity contribution in [2.24, 2.45) is 0 Å². The van der Waals surface area contributed by atoms with E-state index in [0.717, 1.165) is 30.6 Å². The van der Waals surface area contributed by atoms with Crippen LogP contribution in [0.1, 0.15) is 13.8 Å². The first kappa shape index (κ1) is 10.9. The van der Waals surface area contributed by atoms with E-state index >= 15 is 0 Å². The molecule has 0 fully saturated rings. The molecule has 2 heterocycles. The largest absolute Gasteiger partial charge is 0.375 e. The highest BCUT2D eigenvalue weighted by Crippen LogP contribution is 2.23. The van der Waals surface area contributed by atoms with Crippen LogP contribution in [0.25, 0.3) is 11.5 Å². The molecule has 0 saturated heterocycles. The van der Waals surface area contributed by atoms with E-state index in [1.165, 1.54) is 11.3 Å². The number of nitrogens with zero attached hydrogens (tertiary/aromatic N) is 4. The smallest absolute Gasteiger partial charge is 0.224 e. The summed E-state index contributed by atoms with van der Waals surface area (Å²) in [6, 6.07) is 0. The van der Waals surface area contributed by atoms with Gasteiger partial charge >= 0.3 is 0 Å². The molecule has 2 rings (SSSR count). The quantitative estimate of drug-likeness (QED) is 0.842. The molecule has 0 radical (unpaired) electrons. The molecule has 0 aliphatic carbocycles. The lowest BCUT2D eigenvalue weighted by molar-refractivity contribution is 0.768. The van der Waals surface area contributed by atoms with Crippen LogP contribution in [-0.2, 0) is 6.54 Å². The minimum atomic E-state index is 0.547. The lowest BCUT2D eigenvalue weighted by Crippen LogP contribution is -2.06. The Morgan fingerprint density at radius 2 is 2.25 bits per heavy atom. The van der Waals surface area contributed by atoms with E-state index in [-0.39, 0.29) is 0 Å². The van der Waals surface area contributed by atoms with Gasteiger partial charge in [0.15, 0.2) is 11.0 Å². The van der Waals surface area contributed by atoms with E-state index in [2.05, 4.69) is 20.5 Å². The predicted octanol–water partition coefficient (Wildman–Crippen LogP) is 1.44. The van der Waals surface area contributed by atoms with E-state index in [4.69, 9.17) is 5.73 Å². The van der Waals surface area contributed by atoms with Gasteiger partial charge in [0.05, 0.1) is 0 Å². The molecule has 0 aliphatic rings. The van der Waals surface area contributed by atoms with Crippen molar-refractivity contribution in [3.05, 3.63) is 5.38 Å². The van der Waals surface area contributed by atoms with Gasteiger partial charge in [-0.2, -0.15) is 0 Å². The zero-order valence-electron chi connectivity index (χ0n) is 9.27. The van der Waals surface area contributed by atoms with E-state index in [9.17, 15) is 0 Å². The zero-order chi connectivity index (χ0) is 11.5. The van der Waals surface area contributed by atoms with Gasteiger partial charge in [-0.3, -0.25) is 4.57 Å². The molecule has 0 bridgehead atoms. The summed E-state index contributed by atoms with van der Waals surface area (Å²) in [6.45, 7) is 5.68. The van der Waals surface area contributed by atoms with E-state index in [1.807, 2.05) is 23.8 Å². The number of anilines is 2. The van der Waals surface area contributed by atoms with Gasteiger partial charge in [-0.1, -0.05) is 0 Å². The van der Waals surface area contributed by atoms with E-state index < -0.39 is 0 Å². The minimum Gasteiger partial charge on any atom is -0.375 e. The Morgan fingerprint density at radius 1 is 1.44 bits per heavy atom. The van der Waals surface area contributed by atoms with Gasteiger partial charge in [0.1, 0.15) is 5.69 Å². The highest BCUT2D eigenvalue weighted by molar-refractivity contribution is 7.13. The maximum absolute atomic E-state index is 5.61. The molecule has 0 saturated carbocycles. The Bertz CT molecular complexity index is 474. The van der Waals surface area contributed by atoms with Crippen molar-refractivity contribution in [1.82, 2.24) is 19.7 Å². The Labute approximate surface area is 97.5 Å². The molecule has 86 valence electrons. The number of thiazole rings is 1. The minimum absolute atomic E-state index is 0.547. The summed E-state index contributed by atoms with van der Waals surface area (Å²) < 4.78 is 1.98. The van der Waals surface area contributed by atoms with Crippen molar-refractivity contribution >= 4 is 22.4 Å². The van der Waals surface area contributed by atoms with Crippen LogP contribution >= 0.6 is 11.3 Å². The van der Waals surface area contributed by atoms with E-state index in [1.54, 1.807) is 0 Å². The summed E-state index contributed by atoms with van der Waals surface area (Å²) in [6.07, 6.45) is 0. The third-order valence-electron chi connectivity index (χ3n) is 2.15. The summed E-state index contributed by atoms with van der Waals surface area (Å²) in [4.78, 5) is 4.21. The standard InChI is InChI=1S/C9H14N6S/c1-3-11-9-14-13-7(15(9)4-2)6-5-16-8(10)12-6/h5H,3-4H2,1-2H3,(H2,10,12)(H,11,14). The SMILES string of the molecule is CCNc1nnc(-c2csc(N)n2)n1CC. The normalized spacial score (nSPS) is 10.6. The second kappa shape index (κ2) is 4.48. The number of nitrogen functional groups attached to an aromatic ring is 1. The second-order valence-corrected chi connectivity index (χ2v) is 4.08. The van der Waals surface area contributed by atoms with Gasteiger partial charge in [0, 0.05) is 18.5 Å². The summed E-state index contributed by atoms with van der Waals surface area (Å²) >= 11 is 1.41. The Morgan fingerprint density at radius 3 is 2.81 bits per heavy atom. The first-order valence-corrected chi connectivity index (χ1v) is 6.02. The predicted molar refractivity (Wildman–Crippen MR) is 65.4 cm³/mol. The van der Waals surface area contributed by atoms with Crippen molar-refractivity contribution in [2.75, 3.05) is 17.6 Å². The van der Waals surface area contributed by atoms with Crippen molar-refractivity contribution < 1.29 is 0 Å². The molecule has 2 aromatic heterocycles. The number of hydrogen-bond acceptors (Lipinski definition) is 6. The van der Waals surface area contributed by atoms with Crippen LogP contribution in [0.15, 0.2) is 5.38 Å². The van der Waals surface area contributed by atoms with Crippen molar-refractivity contribution in [3.8, 4) is 11.5 Å². The highest BCUT2D eigenvalue weighted by atomic mass is 32.1. The van der Waals surface area contributed by atoms with Crippen LogP contribution < -0.4 is 11.1 Å². The first-order valence-electron chi connectivity index (χ1n) is 5.14. The van der Waals surface area contributed by atoms with Crippen LogP contribution in [0.3, 0.4) is 0 Å². The number of rotatable bonds is 4. The topological polar surface area (TPSA) is 81.7 Å². The molecule has 0 aromatic carbocycles. The number of nitrogens with one attached hydrogen (secondary N) is 1. The van der Waals surface area contributed by atoms with Gasteiger partial charge in [0.25, 0.3) is 0 Å². The summed E-state index contributed by atoms with van der Waals surface area (Å²) in [7, 11) is 0. The van der Waals surface area contributed by atoms with Gasteiger partial charge in [0.2, 0.25) is 5.95 Å². The number of hydrogen-bond donors (Lipinski definition) is 2. The van der Waals surface area contributed by atoms with Gasteiger partial charge < -0.3 is 11.1 Å². The molecule has 3 N–H and O–H groups in total. The maximum atomic E-state index is 5.61. The average molecular weight is 238 g/mol. The molecular weight excluding hydrogens is 224 g/mol. The van der Waals surface area contributed by atoms with Crippen LogP contribution in [0.2, 0.25) is 0 Å². The molecule has 0 unspecified atom stereocenters. The molecule has 0 amide bonds. The third-order valence-corrected chi connectivity index (χ3v) is 2.83. The molecule has 16 heavy (non-hydrogen) atoms. The summed E-state index contributed by atoms with van der Waals surface area (Å²) in [5.74, 6) is 1.53. The fraction of sp³-hybridized carbons (Fsp3) is 0.444.